The van der Waals surface area contributed by atoms with Gasteiger partial charge < -0.3 is 0 Å². The molecule has 0 aliphatic rings. The van der Waals surface area contributed by atoms with Crippen molar-refractivity contribution in [3.8, 4) is 45.3 Å². The van der Waals surface area contributed by atoms with E-state index < -0.39 is 0 Å². The lowest BCUT2D eigenvalue weighted by molar-refractivity contribution is 1.07. The summed E-state index contributed by atoms with van der Waals surface area (Å²) in [7, 11) is 2.10. The van der Waals surface area contributed by atoms with Crippen LogP contribution < -0.4 is 5.46 Å². The Labute approximate surface area is 204 Å². The van der Waals surface area contributed by atoms with Crippen LogP contribution in [0.4, 0.5) is 0 Å². The number of benzene rings is 4. The molecule has 164 valence electrons. The first-order valence-electron chi connectivity index (χ1n) is 11.6. The highest BCUT2D eigenvalue weighted by Crippen LogP contribution is 2.30. The van der Waals surface area contributed by atoms with Crippen molar-refractivity contribution in [2.24, 2.45) is 0 Å². The number of nitrogens with zero attached hydrogens (tertiary/aromatic N) is 4. The van der Waals surface area contributed by atoms with Gasteiger partial charge >= 0.3 is 0 Å². The Bertz CT molecular complexity index is 1590. The van der Waals surface area contributed by atoms with Crippen molar-refractivity contribution >= 4 is 24.1 Å². The predicted molar refractivity (Wildman–Crippen MR) is 145 cm³/mol. The highest BCUT2D eigenvalue weighted by molar-refractivity contribution is 6.33. The maximum atomic E-state index is 4.90. The lowest BCUT2D eigenvalue weighted by Crippen LogP contribution is -2.06. The van der Waals surface area contributed by atoms with Crippen molar-refractivity contribution in [2.45, 2.75) is 0 Å². The molecule has 4 nitrogen and oxygen atoms in total. The van der Waals surface area contributed by atoms with Crippen molar-refractivity contribution in [1.29, 1.82) is 0 Å². The predicted octanol–water partition coefficient (Wildman–Crippen LogP) is 5.35. The van der Waals surface area contributed by atoms with Crippen LogP contribution in [-0.2, 0) is 0 Å². The van der Waals surface area contributed by atoms with Gasteiger partial charge in [-0.25, -0.2) is 15.0 Å². The summed E-state index contributed by atoms with van der Waals surface area (Å²) < 4.78 is 0. The molecule has 0 N–H and O–H groups in total. The molecule has 0 saturated heterocycles. The molecule has 0 aliphatic carbocycles. The van der Waals surface area contributed by atoms with Crippen molar-refractivity contribution in [2.75, 3.05) is 0 Å². The molecule has 0 saturated carbocycles. The second kappa shape index (κ2) is 8.95. The molecule has 0 unspecified atom stereocenters. The van der Waals surface area contributed by atoms with Gasteiger partial charge in [-0.1, -0.05) is 103 Å². The van der Waals surface area contributed by atoms with E-state index in [2.05, 4.69) is 49.2 Å². The third-order valence-electron chi connectivity index (χ3n) is 6.01. The van der Waals surface area contributed by atoms with Crippen LogP contribution in [0, 0.1) is 0 Å². The quantitative estimate of drug-likeness (QED) is 0.342. The van der Waals surface area contributed by atoms with Crippen LogP contribution in [0.3, 0.4) is 0 Å². The molecule has 0 atom stereocenters. The average molecular weight is 448 g/mol. The first-order valence-corrected chi connectivity index (χ1v) is 11.6. The van der Waals surface area contributed by atoms with Crippen LogP contribution in [0.15, 0.2) is 116 Å². The molecule has 0 spiro atoms. The molecule has 2 heterocycles. The van der Waals surface area contributed by atoms with E-state index in [0.717, 1.165) is 38.7 Å². The fourth-order valence-corrected chi connectivity index (χ4v) is 4.35. The molecule has 4 aromatic carbocycles. The topological polar surface area (TPSA) is 51.6 Å². The van der Waals surface area contributed by atoms with Gasteiger partial charge in [-0.2, -0.15) is 0 Å². The van der Waals surface area contributed by atoms with Crippen LogP contribution in [0.2, 0.25) is 0 Å². The molecule has 0 amide bonds. The lowest BCUT2D eigenvalue weighted by Gasteiger charge is -2.12. The zero-order valence-corrected chi connectivity index (χ0v) is 19.3. The largest absolute Gasteiger partial charge is 0.263 e. The third kappa shape index (κ3) is 4.20. The molecule has 0 bridgehead atoms. The molecule has 6 rings (SSSR count). The summed E-state index contributed by atoms with van der Waals surface area (Å²) in [4.78, 5) is 19.1. The highest BCUT2D eigenvalue weighted by Gasteiger charge is 2.14. The SMILES string of the molecule is Bc1cc(-c2nc(-c3ccccc3)nc(-c3ccccc3)n2)cc(-c2cncc3ccccc23)c1. The van der Waals surface area contributed by atoms with Crippen LogP contribution in [0.25, 0.3) is 56.1 Å². The first-order chi connectivity index (χ1) is 17.2. The van der Waals surface area contributed by atoms with Crippen LogP contribution >= 0.6 is 0 Å². The van der Waals surface area contributed by atoms with Crippen LogP contribution in [0.5, 0.6) is 0 Å². The van der Waals surface area contributed by atoms with Gasteiger partial charge in [0, 0.05) is 40.0 Å². The van der Waals surface area contributed by atoms with E-state index in [0.29, 0.717) is 17.5 Å². The summed E-state index contributed by atoms with van der Waals surface area (Å²) in [6, 6.07) is 34.9. The van der Waals surface area contributed by atoms with Gasteiger partial charge in [0.15, 0.2) is 17.5 Å². The van der Waals surface area contributed by atoms with Gasteiger partial charge in [0.2, 0.25) is 0 Å². The Balaban J connectivity index is 1.55. The maximum absolute atomic E-state index is 4.90. The zero-order valence-electron chi connectivity index (χ0n) is 19.3. The summed E-state index contributed by atoms with van der Waals surface area (Å²) in [5.74, 6) is 1.96. The van der Waals surface area contributed by atoms with Crippen LogP contribution in [-0.4, -0.2) is 27.8 Å². The fourth-order valence-electron chi connectivity index (χ4n) is 4.35. The smallest absolute Gasteiger partial charge is 0.164 e. The van der Waals surface area contributed by atoms with Gasteiger partial charge in [-0.15, -0.1) is 0 Å². The Hall–Kier alpha value is -4.64. The summed E-state index contributed by atoms with van der Waals surface area (Å²) in [6.07, 6.45) is 3.83. The van der Waals surface area contributed by atoms with E-state index >= 15 is 0 Å². The number of hydrogen-bond donors (Lipinski definition) is 0. The Kier molecular flexibility index (Phi) is 5.36. The van der Waals surface area contributed by atoms with E-state index in [1.165, 1.54) is 5.39 Å². The Morgan fingerprint density at radius 3 is 1.69 bits per heavy atom. The van der Waals surface area contributed by atoms with E-state index in [1.54, 1.807) is 0 Å². The number of rotatable bonds is 4. The molecule has 2 aromatic heterocycles. The summed E-state index contributed by atoms with van der Waals surface area (Å²) in [6.45, 7) is 0. The Morgan fingerprint density at radius 1 is 0.486 bits per heavy atom. The fraction of sp³-hybridized carbons (Fsp3) is 0. The van der Waals surface area contributed by atoms with Gasteiger partial charge in [0.05, 0.1) is 0 Å². The lowest BCUT2D eigenvalue weighted by atomic mass is 9.89. The second-order valence-corrected chi connectivity index (χ2v) is 8.53. The number of fused-ring (bicyclic) bond motifs is 1. The molecular formula is C30H21BN4. The number of pyridine rings is 1. The molecule has 0 aliphatic heterocycles. The van der Waals surface area contributed by atoms with Gasteiger partial charge in [0.1, 0.15) is 7.85 Å². The summed E-state index contributed by atoms with van der Waals surface area (Å²) in [5, 5.41) is 2.29. The minimum atomic E-state index is 0.649. The summed E-state index contributed by atoms with van der Waals surface area (Å²) in [5.41, 5.74) is 6.18. The van der Waals surface area contributed by atoms with E-state index in [4.69, 9.17) is 15.0 Å². The molecule has 35 heavy (non-hydrogen) atoms. The molecule has 6 aromatic rings. The number of hydrogen-bond acceptors (Lipinski definition) is 4. The van der Waals surface area contributed by atoms with Gasteiger partial charge in [-0.05, 0) is 17.0 Å². The molecule has 5 heteroatoms. The Morgan fingerprint density at radius 2 is 1.03 bits per heavy atom. The molecular weight excluding hydrogens is 427 g/mol. The van der Waals surface area contributed by atoms with Crippen molar-refractivity contribution in [1.82, 2.24) is 19.9 Å². The third-order valence-corrected chi connectivity index (χ3v) is 6.01. The van der Waals surface area contributed by atoms with Crippen molar-refractivity contribution < 1.29 is 0 Å². The van der Waals surface area contributed by atoms with Gasteiger partial charge in [0.25, 0.3) is 0 Å². The van der Waals surface area contributed by atoms with Crippen LogP contribution in [0.1, 0.15) is 0 Å². The summed E-state index contributed by atoms with van der Waals surface area (Å²) >= 11 is 0. The number of aromatic nitrogens is 4. The van der Waals surface area contributed by atoms with Gasteiger partial charge in [-0.3, -0.25) is 4.98 Å². The van der Waals surface area contributed by atoms with E-state index in [-0.39, 0.29) is 0 Å². The maximum Gasteiger partial charge on any atom is 0.164 e. The van der Waals surface area contributed by atoms with Crippen molar-refractivity contribution in [3.05, 3.63) is 116 Å². The van der Waals surface area contributed by atoms with Crippen molar-refractivity contribution in [3.63, 3.8) is 0 Å². The standard InChI is InChI=1S/C30H21BN4/c31-25-16-23(27-19-32-18-22-13-7-8-14-26(22)27)15-24(17-25)30-34-28(20-9-3-1-4-10-20)33-29(35-30)21-11-5-2-6-12-21/h1-19H,31H2. The molecule has 0 radical (unpaired) electrons. The minimum absolute atomic E-state index is 0.649. The first kappa shape index (κ1) is 20.9. The molecule has 0 fully saturated rings. The highest BCUT2D eigenvalue weighted by atomic mass is 15.0. The normalized spacial score (nSPS) is 11.0. The monoisotopic (exact) mass is 448 g/mol. The average Bonchev–Trinajstić information content (AvgIpc) is 2.93. The zero-order chi connectivity index (χ0) is 23.6. The van der Waals surface area contributed by atoms with E-state index in [1.807, 2.05) is 79.1 Å². The second-order valence-electron chi connectivity index (χ2n) is 8.53. The minimum Gasteiger partial charge on any atom is -0.263 e. The van der Waals surface area contributed by atoms with E-state index in [9.17, 15) is 0 Å².